The van der Waals surface area contributed by atoms with E-state index in [9.17, 15) is 9.59 Å². The Kier molecular flexibility index (Phi) is 6.15. The largest absolute Gasteiger partial charge is 0.497 e. The van der Waals surface area contributed by atoms with Crippen LogP contribution in [0.15, 0.2) is 24.3 Å². The van der Waals surface area contributed by atoms with Crippen LogP contribution in [0.5, 0.6) is 5.75 Å². The van der Waals surface area contributed by atoms with Gasteiger partial charge in [-0.05, 0) is 25.0 Å². The summed E-state index contributed by atoms with van der Waals surface area (Å²) in [7, 11) is 3.46. The molecule has 3 saturated heterocycles. The molecular weight excluding hydrogens is 382 g/mol. The van der Waals surface area contributed by atoms with Crippen LogP contribution >= 0.6 is 0 Å². The molecule has 3 amide bonds. The van der Waals surface area contributed by atoms with Crippen molar-refractivity contribution in [3.05, 3.63) is 24.3 Å². The van der Waals surface area contributed by atoms with E-state index in [1.165, 1.54) is 4.90 Å². The number of nitrogens with zero attached hydrogens (tertiary/aromatic N) is 4. The zero-order chi connectivity index (χ0) is 21.3. The number of benzene rings is 1. The molecule has 3 unspecified atom stereocenters. The summed E-state index contributed by atoms with van der Waals surface area (Å²) in [6.45, 7) is 4.37. The van der Waals surface area contributed by atoms with Gasteiger partial charge in [-0.2, -0.15) is 0 Å². The third-order valence-corrected chi connectivity index (χ3v) is 6.49. The molecule has 0 spiro atoms. The van der Waals surface area contributed by atoms with Gasteiger partial charge in [0.25, 0.3) is 5.91 Å². The van der Waals surface area contributed by atoms with Crippen molar-refractivity contribution in [2.75, 3.05) is 38.7 Å². The Labute approximate surface area is 178 Å². The van der Waals surface area contributed by atoms with Crippen LogP contribution in [0.4, 0.5) is 10.5 Å². The summed E-state index contributed by atoms with van der Waals surface area (Å²) < 4.78 is 5.39. The van der Waals surface area contributed by atoms with Gasteiger partial charge in [-0.25, -0.2) is 4.79 Å². The molecule has 4 rings (SSSR count). The van der Waals surface area contributed by atoms with Crippen molar-refractivity contribution in [1.29, 1.82) is 0 Å². The summed E-state index contributed by atoms with van der Waals surface area (Å²) in [6, 6.07) is 7.44. The van der Waals surface area contributed by atoms with Gasteiger partial charge in [0.15, 0.2) is 0 Å². The number of unbranched alkanes of at least 4 members (excludes halogenated alkanes) is 3. The second-order valence-electron chi connectivity index (χ2n) is 8.36. The summed E-state index contributed by atoms with van der Waals surface area (Å²) in [5.74, 6) is 0.740. The molecule has 0 saturated carbocycles. The van der Waals surface area contributed by atoms with E-state index in [1.807, 2.05) is 18.2 Å². The van der Waals surface area contributed by atoms with Gasteiger partial charge in [-0.15, -0.1) is 0 Å². The maximum atomic E-state index is 13.4. The molecule has 3 heterocycles. The molecule has 3 aliphatic rings. The SMILES string of the molecule is CCCCCCN1C(=O)C2C(NC3N(c4cccc(OC)c4)CCCN23)N(C)C1=O. The van der Waals surface area contributed by atoms with Gasteiger partial charge < -0.3 is 14.5 Å². The fourth-order valence-corrected chi connectivity index (χ4v) is 4.88. The van der Waals surface area contributed by atoms with E-state index in [-0.39, 0.29) is 30.4 Å². The molecule has 1 aromatic carbocycles. The lowest BCUT2D eigenvalue weighted by Gasteiger charge is -2.44. The Balaban J connectivity index is 1.55. The number of hydrogen-bond acceptors (Lipinski definition) is 6. The van der Waals surface area contributed by atoms with E-state index in [1.54, 1.807) is 19.1 Å². The highest BCUT2D eigenvalue weighted by Gasteiger charge is 2.55. The number of imide groups is 1. The monoisotopic (exact) mass is 415 g/mol. The van der Waals surface area contributed by atoms with E-state index in [0.717, 1.165) is 56.6 Å². The van der Waals surface area contributed by atoms with Crippen molar-refractivity contribution in [3.63, 3.8) is 0 Å². The summed E-state index contributed by atoms with van der Waals surface area (Å²) >= 11 is 0. The minimum Gasteiger partial charge on any atom is -0.497 e. The van der Waals surface area contributed by atoms with E-state index in [0.29, 0.717) is 6.54 Å². The molecule has 8 heteroatoms. The number of carbonyl (C=O) groups excluding carboxylic acids is 2. The minimum absolute atomic E-state index is 0.0675. The fourth-order valence-electron chi connectivity index (χ4n) is 4.88. The van der Waals surface area contributed by atoms with Gasteiger partial charge in [0.1, 0.15) is 24.2 Å². The Morgan fingerprint density at radius 3 is 2.77 bits per heavy atom. The molecule has 3 atom stereocenters. The van der Waals surface area contributed by atoms with Gasteiger partial charge in [-0.3, -0.25) is 19.9 Å². The molecule has 0 aliphatic carbocycles. The number of likely N-dealkylation sites (N-methyl/N-ethyl adjacent to an activating group) is 1. The van der Waals surface area contributed by atoms with E-state index >= 15 is 0 Å². The van der Waals surface area contributed by atoms with Gasteiger partial charge in [-0.1, -0.05) is 32.3 Å². The highest BCUT2D eigenvalue weighted by molar-refractivity contribution is 6.00. The zero-order valence-electron chi connectivity index (χ0n) is 18.2. The van der Waals surface area contributed by atoms with Crippen molar-refractivity contribution in [2.45, 2.75) is 57.5 Å². The quantitative estimate of drug-likeness (QED) is 0.689. The molecule has 3 fully saturated rings. The van der Waals surface area contributed by atoms with Crippen molar-refractivity contribution in [2.24, 2.45) is 0 Å². The Morgan fingerprint density at radius 2 is 2.00 bits per heavy atom. The maximum Gasteiger partial charge on any atom is 0.327 e. The number of fused-ring (bicyclic) bond motifs is 3. The van der Waals surface area contributed by atoms with Crippen molar-refractivity contribution >= 4 is 17.6 Å². The van der Waals surface area contributed by atoms with Crippen LogP contribution in [0.2, 0.25) is 0 Å². The van der Waals surface area contributed by atoms with Crippen LogP contribution in [0.3, 0.4) is 0 Å². The lowest BCUT2D eigenvalue weighted by molar-refractivity contribution is -0.138. The van der Waals surface area contributed by atoms with Gasteiger partial charge in [0.2, 0.25) is 0 Å². The van der Waals surface area contributed by atoms with Gasteiger partial charge >= 0.3 is 6.03 Å². The highest BCUT2D eigenvalue weighted by Crippen LogP contribution is 2.34. The van der Waals surface area contributed by atoms with Crippen LogP contribution in [0.25, 0.3) is 0 Å². The number of carbonyl (C=O) groups is 2. The summed E-state index contributed by atoms with van der Waals surface area (Å²) in [6.07, 6.45) is 4.69. The number of amides is 3. The molecule has 0 aromatic heterocycles. The van der Waals surface area contributed by atoms with Crippen LogP contribution in [0, 0.1) is 0 Å². The van der Waals surface area contributed by atoms with Crippen LogP contribution < -0.4 is 15.0 Å². The molecule has 8 nitrogen and oxygen atoms in total. The number of anilines is 1. The summed E-state index contributed by atoms with van der Waals surface area (Å²) in [5.41, 5.74) is 1.05. The fraction of sp³-hybridized carbons (Fsp3) is 0.636. The van der Waals surface area contributed by atoms with Crippen LogP contribution in [0.1, 0.15) is 39.0 Å². The minimum atomic E-state index is -0.350. The predicted molar refractivity (Wildman–Crippen MR) is 115 cm³/mol. The van der Waals surface area contributed by atoms with E-state index in [2.05, 4.69) is 28.1 Å². The predicted octanol–water partition coefficient (Wildman–Crippen LogP) is 2.26. The summed E-state index contributed by atoms with van der Waals surface area (Å²) in [5, 5.41) is 3.56. The topological polar surface area (TPSA) is 68.4 Å². The molecule has 0 radical (unpaired) electrons. The smallest absolute Gasteiger partial charge is 0.327 e. The molecule has 164 valence electrons. The highest BCUT2D eigenvalue weighted by atomic mass is 16.5. The molecule has 3 aliphatic heterocycles. The molecule has 1 aromatic rings. The molecule has 0 bridgehead atoms. The number of ether oxygens (including phenoxy) is 1. The van der Waals surface area contributed by atoms with Gasteiger partial charge in [0.05, 0.1) is 7.11 Å². The number of hydrogen-bond donors (Lipinski definition) is 1. The number of methoxy groups -OCH3 is 1. The Bertz CT molecular complexity index is 788. The third-order valence-electron chi connectivity index (χ3n) is 6.49. The first-order valence-electron chi connectivity index (χ1n) is 11.1. The molecule has 30 heavy (non-hydrogen) atoms. The van der Waals surface area contributed by atoms with Crippen LogP contribution in [-0.4, -0.2) is 78.9 Å². The van der Waals surface area contributed by atoms with Crippen LogP contribution in [-0.2, 0) is 4.79 Å². The summed E-state index contributed by atoms with van der Waals surface area (Å²) in [4.78, 5) is 34.0. The third kappa shape index (κ3) is 3.63. The maximum absolute atomic E-state index is 13.4. The van der Waals surface area contributed by atoms with Gasteiger partial charge in [0, 0.05) is 38.4 Å². The zero-order valence-corrected chi connectivity index (χ0v) is 18.2. The van der Waals surface area contributed by atoms with Crippen molar-refractivity contribution in [3.8, 4) is 5.75 Å². The first kappa shape index (κ1) is 20.9. The number of rotatable bonds is 7. The lowest BCUT2D eigenvalue weighted by atomic mass is 10.1. The van der Waals surface area contributed by atoms with Crippen molar-refractivity contribution < 1.29 is 14.3 Å². The normalized spacial score (nSPS) is 26.8. The first-order chi connectivity index (χ1) is 14.6. The van der Waals surface area contributed by atoms with E-state index in [4.69, 9.17) is 4.74 Å². The second-order valence-corrected chi connectivity index (χ2v) is 8.36. The Morgan fingerprint density at radius 1 is 1.17 bits per heavy atom. The average molecular weight is 416 g/mol. The Hall–Kier alpha value is -2.32. The average Bonchev–Trinajstić information content (AvgIpc) is 3.17. The number of nitrogens with one attached hydrogen (secondary N) is 1. The standard InChI is InChI=1S/C22H33N5O3/c1-4-5-6-7-12-27-20(28)18-19(24(2)22(27)29)23-21-25(13-9-14-26(18)21)16-10-8-11-17(15-16)30-3/h8,10-11,15,18-19,21,23H,4-7,9,12-14H2,1-3H3. The lowest BCUT2D eigenvalue weighted by Crippen LogP contribution is -2.66. The van der Waals surface area contributed by atoms with E-state index < -0.39 is 0 Å². The first-order valence-corrected chi connectivity index (χ1v) is 11.1. The second kappa shape index (κ2) is 8.81. The number of urea groups is 1. The molecule has 1 N–H and O–H groups in total. The molecular formula is C22H33N5O3. The van der Waals surface area contributed by atoms with Crippen molar-refractivity contribution in [1.82, 2.24) is 20.0 Å².